The number of nitrogens with zero attached hydrogens (tertiary/aromatic N) is 1. The van der Waals surface area contributed by atoms with Gasteiger partial charge < -0.3 is 5.11 Å². The largest absolute Gasteiger partial charge is 0.392 e. The number of aliphatic hydroxyl groups excluding tert-OH is 1. The lowest BCUT2D eigenvalue weighted by Crippen LogP contribution is -2.14. The summed E-state index contributed by atoms with van der Waals surface area (Å²) in [7, 11) is -3.68. The Morgan fingerprint density at radius 3 is 2.29 bits per heavy atom. The molecule has 0 amide bonds. The molecule has 3 aromatic rings. The summed E-state index contributed by atoms with van der Waals surface area (Å²) >= 11 is 0. The third-order valence-electron chi connectivity index (χ3n) is 3.63. The molecule has 0 saturated carbocycles. The van der Waals surface area contributed by atoms with Gasteiger partial charge in [0.15, 0.2) is 0 Å². The van der Waals surface area contributed by atoms with Gasteiger partial charge in [0.1, 0.15) is 0 Å². The summed E-state index contributed by atoms with van der Waals surface area (Å²) in [6.45, 7) is 1.52. The fourth-order valence-corrected chi connectivity index (χ4v) is 4.21. The van der Waals surface area contributed by atoms with Crippen molar-refractivity contribution >= 4 is 20.9 Å². The van der Waals surface area contributed by atoms with Crippen molar-refractivity contribution < 1.29 is 13.5 Å². The second-order valence-corrected chi connectivity index (χ2v) is 6.61. The maximum Gasteiger partial charge on any atom is 0.268 e. The van der Waals surface area contributed by atoms with Gasteiger partial charge in [-0.3, -0.25) is 0 Å². The zero-order valence-corrected chi connectivity index (χ0v) is 12.3. The minimum atomic E-state index is -3.68. The van der Waals surface area contributed by atoms with Gasteiger partial charge in [0.25, 0.3) is 10.0 Å². The molecule has 0 aliphatic carbocycles. The SMILES string of the molecule is Cc1c(CO)c2ccccc2n1S(=O)(=O)c1ccccc1. The molecule has 0 aliphatic heterocycles. The topological polar surface area (TPSA) is 59.3 Å². The van der Waals surface area contributed by atoms with Crippen molar-refractivity contribution in [2.45, 2.75) is 18.4 Å². The number of aliphatic hydroxyl groups is 1. The zero-order valence-electron chi connectivity index (χ0n) is 11.5. The molecule has 2 aromatic carbocycles. The van der Waals surface area contributed by atoms with Crippen LogP contribution in [0.25, 0.3) is 10.9 Å². The predicted molar refractivity (Wildman–Crippen MR) is 81.6 cm³/mol. The van der Waals surface area contributed by atoms with Crippen molar-refractivity contribution in [1.82, 2.24) is 3.97 Å². The van der Waals surface area contributed by atoms with Gasteiger partial charge in [0.05, 0.1) is 17.0 Å². The molecule has 0 unspecified atom stereocenters. The first-order valence-electron chi connectivity index (χ1n) is 6.58. The minimum Gasteiger partial charge on any atom is -0.392 e. The zero-order chi connectivity index (χ0) is 15.0. The summed E-state index contributed by atoms with van der Waals surface area (Å²) in [6.07, 6.45) is 0. The molecule has 0 radical (unpaired) electrons. The number of fused-ring (bicyclic) bond motifs is 1. The Hall–Kier alpha value is -2.11. The Morgan fingerprint density at radius 2 is 1.62 bits per heavy atom. The first kappa shape index (κ1) is 13.9. The second kappa shape index (κ2) is 5.02. The van der Waals surface area contributed by atoms with Crippen LogP contribution in [0, 0.1) is 6.92 Å². The van der Waals surface area contributed by atoms with Crippen LogP contribution in [0.5, 0.6) is 0 Å². The van der Waals surface area contributed by atoms with E-state index >= 15 is 0 Å². The third kappa shape index (κ3) is 2.05. The summed E-state index contributed by atoms with van der Waals surface area (Å²) in [4.78, 5) is 0.235. The Kier molecular flexibility index (Phi) is 3.31. The maximum atomic E-state index is 12.9. The van der Waals surface area contributed by atoms with Crippen molar-refractivity contribution in [2.24, 2.45) is 0 Å². The van der Waals surface area contributed by atoms with Crippen molar-refractivity contribution in [1.29, 1.82) is 0 Å². The molecule has 3 rings (SSSR count). The number of aromatic nitrogens is 1. The fraction of sp³-hybridized carbons (Fsp3) is 0.125. The summed E-state index contributed by atoms with van der Waals surface area (Å²) in [6, 6.07) is 15.5. The number of rotatable bonds is 3. The molecule has 5 heteroatoms. The van der Waals surface area contributed by atoms with Crippen LogP contribution in [0.4, 0.5) is 0 Å². The molecule has 0 aliphatic rings. The molecule has 1 aromatic heterocycles. The van der Waals surface area contributed by atoms with Crippen LogP contribution in [-0.4, -0.2) is 17.5 Å². The van der Waals surface area contributed by atoms with E-state index in [9.17, 15) is 13.5 Å². The van der Waals surface area contributed by atoms with Crippen LogP contribution in [0.3, 0.4) is 0 Å². The third-order valence-corrected chi connectivity index (χ3v) is 5.45. The van der Waals surface area contributed by atoms with E-state index in [0.717, 1.165) is 5.39 Å². The number of hydrogen-bond acceptors (Lipinski definition) is 3. The molecular formula is C16H15NO3S. The van der Waals surface area contributed by atoms with Crippen molar-refractivity contribution in [3.63, 3.8) is 0 Å². The smallest absolute Gasteiger partial charge is 0.268 e. The molecule has 0 saturated heterocycles. The number of para-hydroxylation sites is 1. The Labute approximate surface area is 123 Å². The van der Waals surface area contributed by atoms with Gasteiger partial charge in [-0.2, -0.15) is 0 Å². The first-order valence-corrected chi connectivity index (χ1v) is 8.02. The van der Waals surface area contributed by atoms with Gasteiger partial charge in [0.2, 0.25) is 0 Å². The molecule has 0 spiro atoms. The van der Waals surface area contributed by atoms with Crippen LogP contribution >= 0.6 is 0 Å². The van der Waals surface area contributed by atoms with Gasteiger partial charge in [-0.25, -0.2) is 12.4 Å². The van der Waals surface area contributed by atoms with E-state index in [4.69, 9.17) is 0 Å². The molecule has 4 nitrogen and oxygen atoms in total. The quantitative estimate of drug-likeness (QED) is 0.809. The van der Waals surface area contributed by atoms with Crippen molar-refractivity contribution in [3.8, 4) is 0 Å². The van der Waals surface area contributed by atoms with Crippen molar-refractivity contribution in [2.75, 3.05) is 0 Å². The lowest BCUT2D eigenvalue weighted by molar-refractivity contribution is 0.282. The lowest BCUT2D eigenvalue weighted by Gasteiger charge is -2.10. The van der Waals surface area contributed by atoms with E-state index in [1.54, 1.807) is 49.4 Å². The number of hydrogen-bond donors (Lipinski definition) is 1. The van der Waals surface area contributed by atoms with E-state index in [1.807, 2.05) is 12.1 Å². The molecule has 1 N–H and O–H groups in total. The van der Waals surface area contributed by atoms with Crippen LogP contribution < -0.4 is 0 Å². The van der Waals surface area contributed by atoms with Gasteiger partial charge in [-0.15, -0.1) is 0 Å². The van der Waals surface area contributed by atoms with Gasteiger partial charge in [-0.1, -0.05) is 36.4 Å². The number of benzene rings is 2. The molecule has 0 atom stereocenters. The summed E-state index contributed by atoms with van der Waals surface area (Å²) < 4.78 is 27.1. The Balaban J connectivity index is 2.39. The predicted octanol–water partition coefficient (Wildman–Crippen LogP) is 2.68. The molecule has 0 fully saturated rings. The normalized spacial score (nSPS) is 11.9. The summed E-state index contributed by atoms with van der Waals surface area (Å²) in [5.74, 6) is 0. The summed E-state index contributed by atoms with van der Waals surface area (Å²) in [5.41, 5.74) is 1.77. The van der Waals surface area contributed by atoms with Crippen molar-refractivity contribution in [3.05, 3.63) is 65.9 Å². The monoisotopic (exact) mass is 301 g/mol. The molecule has 1 heterocycles. The average Bonchev–Trinajstić information content (AvgIpc) is 2.80. The van der Waals surface area contributed by atoms with Crippen LogP contribution in [0.15, 0.2) is 59.5 Å². The van der Waals surface area contributed by atoms with Crippen LogP contribution in [0.2, 0.25) is 0 Å². The van der Waals surface area contributed by atoms with E-state index in [1.165, 1.54) is 3.97 Å². The van der Waals surface area contributed by atoms with E-state index in [2.05, 4.69) is 0 Å². The first-order chi connectivity index (χ1) is 10.1. The molecule has 108 valence electrons. The van der Waals surface area contributed by atoms with E-state index < -0.39 is 10.0 Å². The highest BCUT2D eigenvalue weighted by molar-refractivity contribution is 7.90. The highest BCUT2D eigenvalue weighted by Gasteiger charge is 2.24. The van der Waals surface area contributed by atoms with Gasteiger partial charge in [0, 0.05) is 16.6 Å². The highest BCUT2D eigenvalue weighted by atomic mass is 32.2. The molecule has 21 heavy (non-hydrogen) atoms. The second-order valence-electron chi connectivity index (χ2n) is 4.82. The minimum absolute atomic E-state index is 0.191. The van der Waals surface area contributed by atoms with E-state index in [0.29, 0.717) is 16.8 Å². The lowest BCUT2D eigenvalue weighted by atomic mass is 10.1. The van der Waals surface area contributed by atoms with Gasteiger partial charge in [-0.05, 0) is 25.1 Å². The van der Waals surface area contributed by atoms with Crippen LogP contribution in [0.1, 0.15) is 11.3 Å². The Morgan fingerprint density at radius 1 is 1.00 bits per heavy atom. The average molecular weight is 301 g/mol. The van der Waals surface area contributed by atoms with Crippen LogP contribution in [-0.2, 0) is 16.6 Å². The Bertz CT molecular complexity index is 896. The molecular weight excluding hydrogens is 286 g/mol. The highest BCUT2D eigenvalue weighted by Crippen LogP contribution is 2.29. The van der Waals surface area contributed by atoms with Gasteiger partial charge >= 0.3 is 0 Å². The molecule has 0 bridgehead atoms. The fourth-order valence-electron chi connectivity index (χ4n) is 2.61. The standard InChI is InChI=1S/C16H15NO3S/c1-12-15(11-18)14-9-5-6-10-16(14)17(12)21(19,20)13-7-3-2-4-8-13/h2-10,18H,11H2,1H3. The maximum absolute atomic E-state index is 12.9. The van der Waals surface area contributed by atoms with E-state index in [-0.39, 0.29) is 11.5 Å². The summed E-state index contributed by atoms with van der Waals surface area (Å²) in [5, 5.41) is 10.3.